The van der Waals surface area contributed by atoms with Gasteiger partial charge in [-0.3, -0.25) is 14.4 Å². The Morgan fingerprint density at radius 1 is 1.27 bits per heavy atom. The summed E-state index contributed by atoms with van der Waals surface area (Å²) in [6.45, 7) is 7.37. The summed E-state index contributed by atoms with van der Waals surface area (Å²) in [4.78, 5) is 42.7. The standard InChI is InChI=1S/C26H35N5O6/c1-5-25-11-12-26(37-25)19(20(25)24(35)36-6-2)23(34)31(18(13-32)15(3)4)21(26)22(33)27-14-30-17-10-8-7-9-16(17)28-29-30/h7-10,15,18-21,32H,5-6,11-14H2,1-4H3,(H,27,33)/t18-,19-,20-,21?,25+,26?/m0/s1. The van der Waals surface area contributed by atoms with Crippen LogP contribution >= 0.6 is 0 Å². The summed E-state index contributed by atoms with van der Waals surface area (Å²) in [6, 6.07) is 5.80. The van der Waals surface area contributed by atoms with Gasteiger partial charge in [0, 0.05) is 0 Å². The Labute approximate surface area is 215 Å². The average molecular weight is 514 g/mol. The van der Waals surface area contributed by atoms with Gasteiger partial charge in [0.05, 0.1) is 36.3 Å². The molecule has 0 radical (unpaired) electrons. The number of carbonyl (C=O) groups excluding carboxylic acids is 3. The zero-order valence-corrected chi connectivity index (χ0v) is 21.7. The van der Waals surface area contributed by atoms with E-state index < -0.39 is 47.0 Å². The number of nitrogens with one attached hydrogen (secondary N) is 1. The minimum atomic E-state index is -1.18. The molecular formula is C26H35N5O6. The second-order valence-corrected chi connectivity index (χ2v) is 10.6. The van der Waals surface area contributed by atoms with E-state index in [4.69, 9.17) is 9.47 Å². The quantitative estimate of drug-likeness (QED) is 0.478. The van der Waals surface area contributed by atoms with E-state index >= 15 is 0 Å². The summed E-state index contributed by atoms with van der Waals surface area (Å²) in [7, 11) is 0. The number of likely N-dealkylation sites (tertiary alicyclic amines) is 1. The van der Waals surface area contributed by atoms with E-state index in [9.17, 15) is 19.5 Å². The number of aliphatic hydroxyl groups excluding tert-OH is 1. The Hall–Kier alpha value is -3.05. The molecule has 11 heteroatoms. The number of amides is 2. The molecule has 2 bridgehead atoms. The van der Waals surface area contributed by atoms with Crippen LogP contribution in [0.3, 0.4) is 0 Å². The van der Waals surface area contributed by atoms with Crippen LogP contribution < -0.4 is 5.32 Å². The number of para-hydroxylation sites is 1. The van der Waals surface area contributed by atoms with Gasteiger partial charge in [-0.15, -0.1) is 5.10 Å². The molecule has 37 heavy (non-hydrogen) atoms. The highest BCUT2D eigenvalue weighted by Crippen LogP contribution is 2.64. The van der Waals surface area contributed by atoms with Crippen LogP contribution in [0, 0.1) is 17.8 Å². The van der Waals surface area contributed by atoms with Crippen molar-refractivity contribution in [1.82, 2.24) is 25.2 Å². The number of rotatable bonds is 9. The first-order valence-electron chi connectivity index (χ1n) is 13.1. The van der Waals surface area contributed by atoms with Gasteiger partial charge < -0.3 is 24.8 Å². The van der Waals surface area contributed by atoms with Crippen LogP contribution in [0.15, 0.2) is 24.3 Å². The first-order valence-corrected chi connectivity index (χ1v) is 13.1. The lowest BCUT2D eigenvalue weighted by Gasteiger charge is -2.38. The van der Waals surface area contributed by atoms with Gasteiger partial charge in [-0.05, 0) is 44.2 Å². The molecule has 1 aromatic heterocycles. The number of fused-ring (bicyclic) bond motifs is 2. The largest absolute Gasteiger partial charge is 0.466 e. The second-order valence-electron chi connectivity index (χ2n) is 10.6. The number of ether oxygens (including phenoxy) is 2. The molecule has 2 aromatic rings. The topological polar surface area (TPSA) is 136 Å². The van der Waals surface area contributed by atoms with Gasteiger partial charge in [0.1, 0.15) is 29.7 Å². The normalized spacial score (nSPS) is 31.2. The number of aromatic nitrogens is 3. The fraction of sp³-hybridized carbons (Fsp3) is 0.654. The van der Waals surface area contributed by atoms with E-state index in [1.54, 1.807) is 11.6 Å². The summed E-state index contributed by atoms with van der Waals surface area (Å²) < 4.78 is 13.7. The molecule has 1 aromatic carbocycles. The van der Waals surface area contributed by atoms with Crippen LogP contribution in [0.2, 0.25) is 0 Å². The smallest absolute Gasteiger partial charge is 0.312 e. The Kier molecular flexibility index (Phi) is 6.47. The lowest BCUT2D eigenvalue weighted by molar-refractivity contribution is -0.162. The minimum absolute atomic E-state index is 0.0460. The molecule has 11 nitrogen and oxygen atoms in total. The predicted molar refractivity (Wildman–Crippen MR) is 132 cm³/mol. The van der Waals surface area contributed by atoms with E-state index in [0.29, 0.717) is 24.8 Å². The number of esters is 1. The summed E-state index contributed by atoms with van der Waals surface area (Å²) in [5, 5.41) is 21.5. The molecule has 3 aliphatic rings. The number of aliphatic hydroxyl groups is 1. The summed E-state index contributed by atoms with van der Waals surface area (Å²) >= 11 is 0. The average Bonchev–Trinajstić information content (AvgIpc) is 3.60. The second kappa shape index (κ2) is 9.36. The van der Waals surface area contributed by atoms with E-state index in [0.717, 1.165) is 5.52 Å². The summed E-state index contributed by atoms with van der Waals surface area (Å²) in [5.74, 6) is -3.00. The molecule has 0 aliphatic carbocycles. The molecule has 200 valence electrons. The Morgan fingerprint density at radius 3 is 2.70 bits per heavy atom. The Balaban J connectivity index is 1.53. The number of nitrogens with zero attached hydrogens (tertiary/aromatic N) is 4. The van der Waals surface area contributed by atoms with Crippen molar-refractivity contribution in [3.05, 3.63) is 24.3 Å². The van der Waals surface area contributed by atoms with Crippen molar-refractivity contribution in [2.75, 3.05) is 13.2 Å². The van der Waals surface area contributed by atoms with E-state index in [1.165, 1.54) is 4.90 Å². The highest BCUT2D eigenvalue weighted by atomic mass is 16.6. The maximum Gasteiger partial charge on any atom is 0.312 e. The third kappa shape index (κ3) is 3.65. The first kappa shape index (κ1) is 25.6. The molecule has 3 saturated heterocycles. The van der Waals surface area contributed by atoms with Crippen molar-refractivity contribution in [3.63, 3.8) is 0 Å². The lowest BCUT2D eigenvalue weighted by atomic mass is 9.65. The maximum atomic E-state index is 14.1. The van der Waals surface area contributed by atoms with E-state index in [2.05, 4.69) is 15.6 Å². The maximum absolute atomic E-state index is 14.1. The molecule has 2 unspecified atom stereocenters. The highest BCUT2D eigenvalue weighted by molar-refractivity contribution is 5.98. The number of hydrogen-bond acceptors (Lipinski definition) is 8. The molecule has 1 spiro atoms. The summed E-state index contributed by atoms with van der Waals surface area (Å²) in [6.07, 6.45) is 1.53. The minimum Gasteiger partial charge on any atom is -0.466 e. The third-order valence-corrected chi connectivity index (χ3v) is 8.54. The van der Waals surface area contributed by atoms with Crippen LogP contribution in [-0.2, 0) is 30.5 Å². The van der Waals surface area contributed by atoms with Crippen molar-refractivity contribution in [3.8, 4) is 0 Å². The van der Waals surface area contributed by atoms with Gasteiger partial charge in [-0.25, -0.2) is 4.68 Å². The Bertz CT molecular complexity index is 1220. The highest BCUT2D eigenvalue weighted by Gasteiger charge is 2.79. The summed E-state index contributed by atoms with van der Waals surface area (Å²) in [5.41, 5.74) is -0.570. The van der Waals surface area contributed by atoms with E-state index in [1.807, 2.05) is 45.0 Å². The number of hydrogen-bond donors (Lipinski definition) is 2. The van der Waals surface area contributed by atoms with E-state index in [-0.39, 0.29) is 31.7 Å². The Morgan fingerprint density at radius 2 is 2.03 bits per heavy atom. The van der Waals surface area contributed by atoms with Crippen molar-refractivity contribution in [1.29, 1.82) is 0 Å². The van der Waals surface area contributed by atoms with Crippen LogP contribution in [0.4, 0.5) is 0 Å². The molecule has 2 N–H and O–H groups in total. The molecule has 3 aliphatic heterocycles. The molecule has 6 atom stereocenters. The monoisotopic (exact) mass is 513 g/mol. The van der Waals surface area contributed by atoms with Crippen molar-refractivity contribution < 1.29 is 29.0 Å². The van der Waals surface area contributed by atoms with Crippen LogP contribution in [0.5, 0.6) is 0 Å². The zero-order valence-electron chi connectivity index (χ0n) is 21.7. The van der Waals surface area contributed by atoms with Crippen LogP contribution in [-0.4, -0.2) is 79.3 Å². The van der Waals surface area contributed by atoms with Crippen molar-refractivity contribution in [2.24, 2.45) is 17.8 Å². The number of carbonyl (C=O) groups is 3. The van der Waals surface area contributed by atoms with Gasteiger partial charge in [0.15, 0.2) is 0 Å². The zero-order chi connectivity index (χ0) is 26.5. The molecule has 5 rings (SSSR count). The SMILES string of the molecule is CCOC(=O)[C@@H]1[C@H]2C(=O)N([C@@H](CO)C(C)C)C(C(=O)NCn3nnc4ccccc43)C23CC[C@@]1(CC)O3. The van der Waals surface area contributed by atoms with Gasteiger partial charge >= 0.3 is 5.97 Å². The molecule has 3 fully saturated rings. The lowest BCUT2D eigenvalue weighted by Crippen LogP contribution is -2.59. The molecule has 4 heterocycles. The van der Waals surface area contributed by atoms with Crippen LogP contribution in [0.25, 0.3) is 11.0 Å². The third-order valence-electron chi connectivity index (χ3n) is 8.54. The van der Waals surface area contributed by atoms with Crippen molar-refractivity contribution in [2.45, 2.75) is 76.9 Å². The fourth-order valence-corrected chi connectivity index (χ4v) is 6.81. The molecular weight excluding hydrogens is 478 g/mol. The van der Waals surface area contributed by atoms with Crippen molar-refractivity contribution >= 4 is 28.8 Å². The molecule has 2 amide bonds. The van der Waals surface area contributed by atoms with Gasteiger partial charge in [0.2, 0.25) is 11.8 Å². The fourth-order valence-electron chi connectivity index (χ4n) is 6.81. The molecule has 0 saturated carbocycles. The van der Waals surface area contributed by atoms with Gasteiger partial charge in [0.25, 0.3) is 0 Å². The number of benzene rings is 1. The first-order chi connectivity index (χ1) is 17.7. The van der Waals surface area contributed by atoms with Gasteiger partial charge in [-0.1, -0.05) is 38.1 Å². The van der Waals surface area contributed by atoms with Crippen LogP contribution in [0.1, 0.15) is 47.0 Å². The predicted octanol–water partition coefficient (Wildman–Crippen LogP) is 1.24. The van der Waals surface area contributed by atoms with Gasteiger partial charge in [-0.2, -0.15) is 0 Å².